The monoisotopic (exact) mass is 246 g/mol. The summed E-state index contributed by atoms with van der Waals surface area (Å²) in [5, 5.41) is 7.32. The summed E-state index contributed by atoms with van der Waals surface area (Å²) in [6, 6.07) is 3.81. The summed E-state index contributed by atoms with van der Waals surface area (Å²) < 4.78 is 0. The maximum Gasteiger partial charge on any atom is 0.141 e. The van der Waals surface area contributed by atoms with E-state index >= 15 is 0 Å². The molecule has 1 aliphatic carbocycles. The Hall–Kier alpha value is -1.58. The van der Waals surface area contributed by atoms with Crippen LogP contribution in [0.5, 0.6) is 0 Å². The summed E-state index contributed by atoms with van der Waals surface area (Å²) in [5.74, 6) is 0.840. The fourth-order valence-corrected chi connectivity index (χ4v) is 2.63. The van der Waals surface area contributed by atoms with E-state index in [1.54, 1.807) is 6.20 Å². The third kappa shape index (κ3) is 3.22. The number of nitrogens with two attached hydrogens (primary N) is 1. The number of nitrogens with one attached hydrogen (secondary N) is 1. The molecule has 18 heavy (non-hydrogen) atoms. The average molecular weight is 246 g/mol. The molecular formula is C14H22N4. The van der Waals surface area contributed by atoms with E-state index in [9.17, 15) is 0 Å². The van der Waals surface area contributed by atoms with Crippen molar-refractivity contribution in [3.05, 3.63) is 24.0 Å². The highest BCUT2D eigenvalue weighted by Gasteiger charge is 2.15. The molecule has 0 atom stereocenters. The van der Waals surface area contributed by atoms with Crippen LogP contribution in [-0.4, -0.2) is 24.4 Å². The molecule has 1 heterocycles. The highest BCUT2D eigenvalue weighted by Crippen LogP contribution is 2.25. The Bertz CT molecular complexity index is 393. The van der Waals surface area contributed by atoms with Crippen molar-refractivity contribution < 1.29 is 0 Å². The van der Waals surface area contributed by atoms with Gasteiger partial charge >= 0.3 is 0 Å². The molecule has 0 bridgehead atoms. The van der Waals surface area contributed by atoms with Crippen LogP contribution in [0.15, 0.2) is 18.3 Å². The van der Waals surface area contributed by atoms with Gasteiger partial charge in [-0.2, -0.15) is 0 Å². The number of pyridine rings is 1. The Morgan fingerprint density at radius 3 is 2.67 bits per heavy atom. The second kappa shape index (κ2) is 5.85. The van der Waals surface area contributed by atoms with E-state index in [-0.39, 0.29) is 5.84 Å². The number of hydrogen-bond donors (Lipinski definition) is 2. The molecule has 1 fully saturated rings. The topological polar surface area (TPSA) is 66.0 Å². The van der Waals surface area contributed by atoms with Crippen LogP contribution < -0.4 is 10.6 Å². The van der Waals surface area contributed by atoms with E-state index < -0.39 is 0 Å². The first-order valence-corrected chi connectivity index (χ1v) is 6.68. The lowest BCUT2D eigenvalue weighted by Crippen LogP contribution is -2.27. The van der Waals surface area contributed by atoms with Gasteiger partial charge in [-0.15, -0.1) is 0 Å². The number of anilines is 1. The van der Waals surface area contributed by atoms with Crippen molar-refractivity contribution in [1.82, 2.24) is 4.98 Å². The SMILES string of the molecule is CN(CC1CCCCC1)c1ccc(C(=N)N)nc1. The zero-order chi connectivity index (χ0) is 13.0. The number of aromatic nitrogens is 1. The molecule has 0 saturated heterocycles. The fourth-order valence-electron chi connectivity index (χ4n) is 2.63. The Morgan fingerprint density at radius 2 is 2.11 bits per heavy atom. The van der Waals surface area contributed by atoms with Gasteiger partial charge in [-0.05, 0) is 30.9 Å². The van der Waals surface area contributed by atoms with Crippen molar-refractivity contribution in [3.8, 4) is 0 Å². The number of rotatable bonds is 4. The zero-order valence-electron chi connectivity index (χ0n) is 11.0. The summed E-state index contributed by atoms with van der Waals surface area (Å²) in [4.78, 5) is 6.46. The molecule has 0 spiro atoms. The van der Waals surface area contributed by atoms with E-state index in [1.165, 1.54) is 32.1 Å². The van der Waals surface area contributed by atoms with Crippen LogP contribution in [0.2, 0.25) is 0 Å². The second-order valence-corrected chi connectivity index (χ2v) is 5.20. The average Bonchev–Trinajstić information content (AvgIpc) is 2.40. The molecule has 1 aromatic rings. The molecule has 1 aromatic heterocycles. The van der Waals surface area contributed by atoms with Crippen molar-refractivity contribution in [2.75, 3.05) is 18.5 Å². The van der Waals surface area contributed by atoms with Crippen LogP contribution in [0, 0.1) is 11.3 Å². The van der Waals surface area contributed by atoms with E-state index in [0.717, 1.165) is 18.2 Å². The fraction of sp³-hybridized carbons (Fsp3) is 0.571. The van der Waals surface area contributed by atoms with Gasteiger partial charge in [0.1, 0.15) is 11.5 Å². The number of nitrogen functional groups attached to an aromatic ring is 1. The zero-order valence-corrected chi connectivity index (χ0v) is 11.0. The molecule has 3 N–H and O–H groups in total. The number of nitrogens with zero attached hydrogens (tertiary/aromatic N) is 2. The quantitative estimate of drug-likeness (QED) is 0.633. The largest absolute Gasteiger partial charge is 0.382 e. The summed E-state index contributed by atoms with van der Waals surface area (Å²) >= 11 is 0. The summed E-state index contributed by atoms with van der Waals surface area (Å²) in [7, 11) is 2.11. The van der Waals surface area contributed by atoms with E-state index in [0.29, 0.717) is 5.69 Å². The maximum atomic E-state index is 7.32. The first-order chi connectivity index (χ1) is 8.66. The standard InChI is InChI=1S/C14H22N4/c1-18(10-11-5-3-2-4-6-11)12-7-8-13(14(15)16)17-9-12/h7-9,11H,2-6,10H2,1H3,(H3,15,16). The molecule has 4 heteroatoms. The number of hydrogen-bond acceptors (Lipinski definition) is 3. The van der Waals surface area contributed by atoms with Gasteiger partial charge in [0.25, 0.3) is 0 Å². The van der Waals surface area contributed by atoms with Crippen molar-refractivity contribution in [3.63, 3.8) is 0 Å². The first-order valence-electron chi connectivity index (χ1n) is 6.68. The lowest BCUT2D eigenvalue weighted by atomic mass is 9.89. The summed E-state index contributed by atoms with van der Waals surface area (Å²) in [6.07, 6.45) is 8.65. The highest BCUT2D eigenvalue weighted by atomic mass is 15.1. The molecule has 0 radical (unpaired) electrons. The second-order valence-electron chi connectivity index (χ2n) is 5.20. The Morgan fingerprint density at radius 1 is 1.39 bits per heavy atom. The van der Waals surface area contributed by atoms with Crippen molar-refractivity contribution in [2.24, 2.45) is 11.7 Å². The smallest absolute Gasteiger partial charge is 0.141 e. The van der Waals surface area contributed by atoms with Crippen LogP contribution in [0.1, 0.15) is 37.8 Å². The lowest BCUT2D eigenvalue weighted by molar-refractivity contribution is 0.362. The van der Waals surface area contributed by atoms with Crippen LogP contribution in [0.25, 0.3) is 0 Å². The van der Waals surface area contributed by atoms with Gasteiger partial charge in [-0.1, -0.05) is 19.3 Å². The Kier molecular flexibility index (Phi) is 4.18. The molecule has 98 valence electrons. The number of amidine groups is 1. The van der Waals surface area contributed by atoms with Crippen LogP contribution in [-0.2, 0) is 0 Å². The van der Waals surface area contributed by atoms with Crippen molar-refractivity contribution in [2.45, 2.75) is 32.1 Å². The van der Waals surface area contributed by atoms with Crippen LogP contribution >= 0.6 is 0 Å². The predicted octanol–water partition coefficient (Wildman–Crippen LogP) is 2.38. The normalized spacial score (nSPS) is 16.5. The summed E-state index contributed by atoms with van der Waals surface area (Å²) in [5.41, 5.74) is 7.05. The maximum absolute atomic E-state index is 7.32. The van der Waals surface area contributed by atoms with Crippen LogP contribution in [0.4, 0.5) is 5.69 Å². The minimum absolute atomic E-state index is 0.0245. The molecule has 1 saturated carbocycles. The molecule has 2 rings (SSSR count). The van der Waals surface area contributed by atoms with E-state index in [4.69, 9.17) is 11.1 Å². The van der Waals surface area contributed by atoms with Gasteiger partial charge in [-0.25, -0.2) is 0 Å². The third-order valence-electron chi connectivity index (χ3n) is 3.72. The first kappa shape index (κ1) is 12.9. The van der Waals surface area contributed by atoms with Crippen LogP contribution in [0.3, 0.4) is 0 Å². The van der Waals surface area contributed by atoms with Crippen molar-refractivity contribution >= 4 is 11.5 Å². The Balaban J connectivity index is 1.95. The van der Waals surface area contributed by atoms with Gasteiger partial charge in [0.15, 0.2) is 0 Å². The predicted molar refractivity (Wildman–Crippen MR) is 75.1 cm³/mol. The van der Waals surface area contributed by atoms with Gasteiger partial charge in [-0.3, -0.25) is 10.4 Å². The van der Waals surface area contributed by atoms with E-state index in [1.807, 2.05) is 12.1 Å². The summed E-state index contributed by atoms with van der Waals surface area (Å²) in [6.45, 7) is 1.10. The molecule has 0 amide bonds. The third-order valence-corrected chi connectivity index (χ3v) is 3.72. The minimum Gasteiger partial charge on any atom is -0.382 e. The molecule has 0 aromatic carbocycles. The molecule has 0 aliphatic heterocycles. The van der Waals surface area contributed by atoms with Gasteiger partial charge in [0.2, 0.25) is 0 Å². The molecular weight excluding hydrogens is 224 g/mol. The molecule has 0 unspecified atom stereocenters. The Labute approximate surface area is 109 Å². The van der Waals surface area contributed by atoms with Gasteiger partial charge in [0, 0.05) is 13.6 Å². The van der Waals surface area contributed by atoms with Crippen molar-refractivity contribution in [1.29, 1.82) is 5.41 Å². The molecule has 4 nitrogen and oxygen atoms in total. The van der Waals surface area contributed by atoms with E-state index in [2.05, 4.69) is 16.9 Å². The minimum atomic E-state index is 0.0245. The van der Waals surface area contributed by atoms with Gasteiger partial charge < -0.3 is 10.6 Å². The molecule has 1 aliphatic rings. The highest BCUT2D eigenvalue weighted by molar-refractivity contribution is 5.93. The lowest BCUT2D eigenvalue weighted by Gasteiger charge is -2.28. The van der Waals surface area contributed by atoms with Gasteiger partial charge in [0.05, 0.1) is 11.9 Å².